The Labute approximate surface area is 130 Å². The third kappa shape index (κ3) is 4.77. The van der Waals surface area contributed by atoms with Crippen LogP contribution in [0.1, 0.15) is 44.7 Å². The van der Waals surface area contributed by atoms with E-state index < -0.39 is 11.6 Å². The van der Waals surface area contributed by atoms with Crippen molar-refractivity contribution in [3.8, 4) is 0 Å². The van der Waals surface area contributed by atoms with Gasteiger partial charge in [-0.1, -0.05) is 0 Å². The van der Waals surface area contributed by atoms with Crippen molar-refractivity contribution in [2.45, 2.75) is 39.2 Å². The van der Waals surface area contributed by atoms with E-state index in [9.17, 15) is 13.6 Å². The van der Waals surface area contributed by atoms with E-state index in [2.05, 4.69) is 5.32 Å². The molecule has 1 N–H and O–H groups in total. The zero-order valence-corrected chi connectivity index (χ0v) is 13.2. The smallest absolute Gasteiger partial charge is 0.219 e. The maximum atomic E-state index is 13.2. The van der Waals surface area contributed by atoms with Crippen LogP contribution in [-0.4, -0.2) is 30.4 Å². The third-order valence-electron chi connectivity index (χ3n) is 4.45. The van der Waals surface area contributed by atoms with Crippen LogP contribution >= 0.6 is 0 Å². The molecule has 3 nitrogen and oxygen atoms in total. The van der Waals surface area contributed by atoms with Gasteiger partial charge in [-0.25, -0.2) is 8.78 Å². The number of nitrogens with zero attached hydrogens (tertiary/aromatic N) is 1. The number of carbonyl (C=O) groups excluding carboxylic acids is 1. The summed E-state index contributed by atoms with van der Waals surface area (Å²) >= 11 is 0. The molecular weight excluding hydrogens is 286 g/mol. The Morgan fingerprint density at radius 1 is 1.27 bits per heavy atom. The number of hydrogen-bond donors (Lipinski definition) is 1. The molecule has 1 amide bonds. The van der Waals surface area contributed by atoms with Crippen LogP contribution in [-0.2, 0) is 4.79 Å². The van der Waals surface area contributed by atoms with Crippen LogP contribution in [0.3, 0.4) is 0 Å². The van der Waals surface area contributed by atoms with Crippen molar-refractivity contribution in [2.24, 2.45) is 5.92 Å². The summed E-state index contributed by atoms with van der Waals surface area (Å²) in [5.74, 6) is -0.321. The zero-order chi connectivity index (χ0) is 16.1. The van der Waals surface area contributed by atoms with Crippen LogP contribution in [0.25, 0.3) is 0 Å². The number of likely N-dealkylation sites (tertiary alicyclic amines) is 1. The Bertz CT molecular complexity index is 493. The second-order valence-electron chi connectivity index (χ2n) is 6.12. The quantitative estimate of drug-likeness (QED) is 0.905. The van der Waals surface area contributed by atoms with Crippen LogP contribution < -0.4 is 5.32 Å². The Morgan fingerprint density at radius 2 is 1.86 bits per heavy atom. The highest BCUT2D eigenvalue weighted by Crippen LogP contribution is 2.21. The topological polar surface area (TPSA) is 32.3 Å². The third-order valence-corrected chi connectivity index (χ3v) is 4.45. The number of carbonyl (C=O) groups is 1. The summed E-state index contributed by atoms with van der Waals surface area (Å²) < 4.78 is 26.4. The molecule has 0 aromatic heterocycles. The summed E-state index contributed by atoms with van der Waals surface area (Å²) in [6.45, 7) is 6.01. The standard InChI is InChI=1S/C17H24F2N2O/c1-12(15-9-16(18)11-17(19)10-15)20-6-3-14-4-7-21(8-5-14)13(2)22/h9-12,14,20H,3-8H2,1-2H3/t12-/m1/s1. The van der Waals surface area contributed by atoms with Gasteiger partial charge >= 0.3 is 0 Å². The number of benzene rings is 1. The molecule has 1 atom stereocenters. The summed E-state index contributed by atoms with van der Waals surface area (Å²) in [4.78, 5) is 13.2. The minimum Gasteiger partial charge on any atom is -0.343 e. The first-order chi connectivity index (χ1) is 10.5. The van der Waals surface area contributed by atoms with E-state index in [1.165, 1.54) is 12.1 Å². The van der Waals surface area contributed by atoms with Crippen LogP contribution in [0.15, 0.2) is 18.2 Å². The average Bonchev–Trinajstić information content (AvgIpc) is 2.46. The molecule has 5 heteroatoms. The van der Waals surface area contributed by atoms with Gasteiger partial charge in [0.2, 0.25) is 5.91 Å². The molecule has 0 aliphatic carbocycles. The Morgan fingerprint density at radius 3 is 2.41 bits per heavy atom. The Kier molecular flexibility index (Phi) is 5.89. The predicted octanol–water partition coefficient (Wildman–Crippen LogP) is 3.26. The molecule has 1 aromatic rings. The largest absolute Gasteiger partial charge is 0.343 e. The summed E-state index contributed by atoms with van der Waals surface area (Å²) in [7, 11) is 0. The molecule has 0 unspecified atom stereocenters. The van der Waals surface area contributed by atoms with E-state index >= 15 is 0 Å². The van der Waals surface area contributed by atoms with Crippen LogP contribution in [0.5, 0.6) is 0 Å². The molecule has 0 radical (unpaired) electrons. The van der Waals surface area contributed by atoms with Gasteiger partial charge in [-0.05, 0) is 56.3 Å². The van der Waals surface area contributed by atoms with E-state index in [1.807, 2.05) is 11.8 Å². The number of halogens is 2. The lowest BCUT2D eigenvalue weighted by atomic mass is 9.93. The van der Waals surface area contributed by atoms with E-state index in [0.29, 0.717) is 11.5 Å². The number of piperidine rings is 1. The highest BCUT2D eigenvalue weighted by Gasteiger charge is 2.20. The molecule has 1 fully saturated rings. The normalized spacial score (nSPS) is 17.5. The minimum atomic E-state index is -0.541. The maximum Gasteiger partial charge on any atom is 0.219 e. The molecule has 1 heterocycles. The van der Waals surface area contributed by atoms with Crippen molar-refractivity contribution >= 4 is 5.91 Å². The molecule has 1 aromatic carbocycles. The van der Waals surface area contributed by atoms with E-state index in [4.69, 9.17) is 0 Å². The molecule has 0 bridgehead atoms. The van der Waals surface area contributed by atoms with Crippen LogP contribution in [0.4, 0.5) is 8.78 Å². The Balaban J connectivity index is 1.73. The van der Waals surface area contributed by atoms with E-state index in [1.54, 1.807) is 6.92 Å². The fraction of sp³-hybridized carbons (Fsp3) is 0.588. The van der Waals surface area contributed by atoms with Crippen LogP contribution in [0.2, 0.25) is 0 Å². The first kappa shape index (κ1) is 16.9. The minimum absolute atomic E-state index is 0.0810. The first-order valence-corrected chi connectivity index (χ1v) is 7.90. The molecule has 0 saturated carbocycles. The van der Waals surface area contributed by atoms with Gasteiger partial charge in [0.1, 0.15) is 11.6 Å². The highest BCUT2D eigenvalue weighted by molar-refractivity contribution is 5.73. The molecule has 0 spiro atoms. The SMILES string of the molecule is CC(=O)N1CCC(CCN[C@H](C)c2cc(F)cc(F)c2)CC1. The number of rotatable bonds is 5. The van der Waals surface area contributed by atoms with Crippen molar-refractivity contribution in [2.75, 3.05) is 19.6 Å². The van der Waals surface area contributed by atoms with Crippen molar-refractivity contribution in [1.82, 2.24) is 10.2 Å². The van der Waals surface area contributed by atoms with Crippen molar-refractivity contribution in [1.29, 1.82) is 0 Å². The molecule has 122 valence electrons. The fourth-order valence-electron chi connectivity index (χ4n) is 2.98. The number of nitrogens with one attached hydrogen (secondary N) is 1. The summed E-state index contributed by atoms with van der Waals surface area (Å²) in [6, 6.07) is 3.54. The van der Waals surface area contributed by atoms with Crippen molar-refractivity contribution < 1.29 is 13.6 Å². The van der Waals surface area contributed by atoms with Crippen molar-refractivity contribution in [3.63, 3.8) is 0 Å². The Hall–Kier alpha value is -1.49. The fourth-order valence-corrected chi connectivity index (χ4v) is 2.98. The second kappa shape index (κ2) is 7.68. The molecule has 1 aliphatic heterocycles. The number of hydrogen-bond acceptors (Lipinski definition) is 2. The van der Waals surface area contributed by atoms with Gasteiger partial charge in [0.15, 0.2) is 0 Å². The molecule has 22 heavy (non-hydrogen) atoms. The van der Waals surface area contributed by atoms with E-state index in [-0.39, 0.29) is 11.9 Å². The van der Waals surface area contributed by atoms with Gasteiger partial charge in [-0.3, -0.25) is 4.79 Å². The molecule has 1 saturated heterocycles. The molecule has 1 aliphatic rings. The lowest BCUT2D eigenvalue weighted by Gasteiger charge is -2.31. The predicted molar refractivity (Wildman–Crippen MR) is 82.4 cm³/mol. The zero-order valence-electron chi connectivity index (χ0n) is 13.2. The van der Waals surface area contributed by atoms with Gasteiger partial charge in [0.05, 0.1) is 0 Å². The second-order valence-corrected chi connectivity index (χ2v) is 6.12. The lowest BCUT2D eigenvalue weighted by Crippen LogP contribution is -2.37. The average molecular weight is 310 g/mol. The first-order valence-electron chi connectivity index (χ1n) is 7.90. The summed E-state index contributed by atoms with van der Waals surface area (Å²) in [5.41, 5.74) is 0.629. The van der Waals surface area contributed by atoms with Gasteiger partial charge in [0, 0.05) is 32.1 Å². The highest BCUT2D eigenvalue weighted by atomic mass is 19.1. The van der Waals surface area contributed by atoms with Crippen molar-refractivity contribution in [3.05, 3.63) is 35.4 Å². The van der Waals surface area contributed by atoms with Gasteiger partial charge in [-0.15, -0.1) is 0 Å². The molecular formula is C17H24F2N2O. The molecule has 2 rings (SSSR count). The van der Waals surface area contributed by atoms with Gasteiger partial charge in [-0.2, -0.15) is 0 Å². The number of amides is 1. The van der Waals surface area contributed by atoms with Crippen LogP contribution in [0, 0.1) is 17.6 Å². The summed E-state index contributed by atoms with van der Waals surface area (Å²) in [6.07, 6.45) is 3.09. The maximum absolute atomic E-state index is 13.2. The summed E-state index contributed by atoms with van der Waals surface area (Å²) in [5, 5.41) is 3.32. The lowest BCUT2D eigenvalue weighted by molar-refractivity contribution is -0.130. The monoisotopic (exact) mass is 310 g/mol. The van der Waals surface area contributed by atoms with Gasteiger partial charge < -0.3 is 10.2 Å². The van der Waals surface area contributed by atoms with Gasteiger partial charge in [0.25, 0.3) is 0 Å². The van der Waals surface area contributed by atoms with E-state index in [0.717, 1.165) is 45.0 Å².